The van der Waals surface area contributed by atoms with Gasteiger partial charge in [-0.3, -0.25) is 10.1 Å². The van der Waals surface area contributed by atoms with Gasteiger partial charge in [-0.15, -0.1) is 11.3 Å². The number of nitrogens with one attached hydrogen (secondary N) is 1. The zero-order valence-electron chi connectivity index (χ0n) is 17.6. The van der Waals surface area contributed by atoms with Crippen LogP contribution in [0.25, 0.3) is 11.3 Å². The first-order chi connectivity index (χ1) is 16.0. The first-order valence-electron chi connectivity index (χ1n) is 10.1. The lowest BCUT2D eigenvalue weighted by atomic mass is 10.2. The number of furan rings is 1. The summed E-state index contributed by atoms with van der Waals surface area (Å²) in [5.74, 6) is 1.01. The summed E-state index contributed by atoms with van der Waals surface area (Å²) in [5.41, 5.74) is 2.53. The number of aromatic nitrogens is 1. The predicted molar refractivity (Wildman–Crippen MR) is 121 cm³/mol. The lowest BCUT2D eigenvalue weighted by Gasteiger charge is -2.05. The second kappa shape index (κ2) is 10.3. The molecule has 0 radical (unpaired) electrons. The molecule has 2 aromatic heterocycles. The zero-order valence-corrected chi connectivity index (χ0v) is 18.4. The summed E-state index contributed by atoms with van der Waals surface area (Å²) in [6.45, 7) is -0.590. The van der Waals surface area contributed by atoms with Crippen LogP contribution in [0.1, 0.15) is 28.8 Å². The molecule has 0 atom stereocenters. The number of amides is 1. The number of carbonyl (C=O) groups excluding carboxylic acids is 1. The van der Waals surface area contributed by atoms with Crippen LogP contribution < -0.4 is 14.8 Å². The van der Waals surface area contributed by atoms with Gasteiger partial charge in [-0.1, -0.05) is 19.1 Å². The minimum Gasteiger partial charge on any atom is -0.486 e. The summed E-state index contributed by atoms with van der Waals surface area (Å²) >= 11 is 1.24. The lowest BCUT2D eigenvalue weighted by Crippen LogP contribution is -2.10. The number of hydrogen-bond donors (Lipinski definition) is 1. The number of carbonyl (C=O) groups is 1. The molecule has 0 unspecified atom stereocenters. The minimum atomic E-state index is -2.88. The summed E-state index contributed by atoms with van der Waals surface area (Å²) in [5, 5.41) is 4.83. The molecule has 0 aliphatic rings. The van der Waals surface area contributed by atoms with E-state index in [2.05, 4.69) is 22.0 Å². The summed E-state index contributed by atoms with van der Waals surface area (Å²) in [7, 11) is 0. The molecule has 2 aromatic carbocycles. The van der Waals surface area contributed by atoms with Crippen molar-refractivity contribution in [1.82, 2.24) is 4.98 Å². The molecular formula is C24H20F2N2O4S. The largest absolute Gasteiger partial charge is 0.486 e. The van der Waals surface area contributed by atoms with E-state index in [1.165, 1.54) is 29.0 Å². The summed E-state index contributed by atoms with van der Waals surface area (Å²) in [6, 6.07) is 17.2. The Labute approximate surface area is 192 Å². The molecule has 170 valence electrons. The first kappa shape index (κ1) is 22.5. The Hall–Kier alpha value is -3.72. The van der Waals surface area contributed by atoms with Gasteiger partial charge in [0.2, 0.25) is 0 Å². The van der Waals surface area contributed by atoms with Crippen LogP contribution in [0.3, 0.4) is 0 Å². The number of halogens is 2. The van der Waals surface area contributed by atoms with Crippen molar-refractivity contribution >= 4 is 22.4 Å². The number of anilines is 1. The van der Waals surface area contributed by atoms with Crippen LogP contribution in [0.15, 0.2) is 70.5 Å². The number of thiazole rings is 1. The fraction of sp³-hybridized carbons (Fsp3) is 0.167. The van der Waals surface area contributed by atoms with Crippen molar-refractivity contribution < 1.29 is 27.5 Å². The standard InChI is InChI=1S/C24H20F2N2O4S/c1-2-15-3-7-17(8-4-15)30-13-19-11-12-21(31-19)22(29)28-24-27-20(14-33-24)16-5-9-18(10-6-16)32-23(25)26/h3-12,14,23H,2,13H2,1H3,(H,27,28,29). The fourth-order valence-electron chi connectivity index (χ4n) is 2.98. The molecule has 0 aliphatic heterocycles. The van der Waals surface area contributed by atoms with E-state index >= 15 is 0 Å². The van der Waals surface area contributed by atoms with Crippen LogP contribution in [0, 0.1) is 0 Å². The van der Waals surface area contributed by atoms with Crippen molar-refractivity contribution in [3.8, 4) is 22.8 Å². The van der Waals surface area contributed by atoms with Gasteiger partial charge in [0, 0.05) is 10.9 Å². The van der Waals surface area contributed by atoms with Crippen LogP contribution in [0.4, 0.5) is 13.9 Å². The molecule has 33 heavy (non-hydrogen) atoms. The van der Waals surface area contributed by atoms with Gasteiger partial charge in [-0.25, -0.2) is 4.98 Å². The molecule has 0 saturated carbocycles. The number of nitrogens with zero attached hydrogens (tertiary/aromatic N) is 1. The van der Waals surface area contributed by atoms with E-state index in [-0.39, 0.29) is 18.1 Å². The number of aryl methyl sites for hydroxylation is 1. The van der Waals surface area contributed by atoms with Crippen molar-refractivity contribution in [3.63, 3.8) is 0 Å². The highest BCUT2D eigenvalue weighted by Gasteiger charge is 2.14. The highest BCUT2D eigenvalue weighted by Crippen LogP contribution is 2.27. The molecule has 6 nitrogen and oxygen atoms in total. The van der Waals surface area contributed by atoms with Crippen LogP contribution in [0.2, 0.25) is 0 Å². The quantitative estimate of drug-likeness (QED) is 0.306. The normalized spacial score (nSPS) is 10.9. The number of hydrogen-bond acceptors (Lipinski definition) is 6. The zero-order chi connectivity index (χ0) is 23.2. The molecule has 1 amide bonds. The highest BCUT2D eigenvalue weighted by atomic mass is 32.1. The average Bonchev–Trinajstić information content (AvgIpc) is 3.48. The van der Waals surface area contributed by atoms with Gasteiger partial charge < -0.3 is 13.9 Å². The Kier molecular flexibility index (Phi) is 6.99. The van der Waals surface area contributed by atoms with Crippen molar-refractivity contribution in [1.29, 1.82) is 0 Å². The van der Waals surface area contributed by atoms with E-state index in [1.807, 2.05) is 24.3 Å². The van der Waals surface area contributed by atoms with Crippen molar-refractivity contribution in [2.45, 2.75) is 26.6 Å². The van der Waals surface area contributed by atoms with Gasteiger partial charge in [0.15, 0.2) is 10.9 Å². The van der Waals surface area contributed by atoms with Gasteiger partial charge in [0.05, 0.1) is 5.69 Å². The first-order valence-corrected chi connectivity index (χ1v) is 11.0. The third kappa shape index (κ3) is 5.95. The second-order valence-electron chi connectivity index (χ2n) is 6.95. The molecule has 0 bridgehead atoms. The van der Waals surface area contributed by atoms with Crippen molar-refractivity contribution in [3.05, 3.63) is 83.1 Å². The molecule has 1 N–H and O–H groups in total. The molecule has 9 heteroatoms. The number of ether oxygens (including phenoxy) is 2. The van der Waals surface area contributed by atoms with Gasteiger partial charge >= 0.3 is 6.61 Å². The van der Waals surface area contributed by atoms with E-state index in [4.69, 9.17) is 9.15 Å². The summed E-state index contributed by atoms with van der Waals surface area (Å²) < 4.78 is 40.2. The third-order valence-corrected chi connectivity index (χ3v) is 5.46. The molecule has 0 saturated heterocycles. The maximum atomic E-state index is 12.5. The van der Waals surface area contributed by atoms with Crippen molar-refractivity contribution in [2.75, 3.05) is 5.32 Å². The van der Waals surface area contributed by atoms with Crippen LogP contribution in [-0.2, 0) is 13.0 Å². The van der Waals surface area contributed by atoms with Gasteiger partial charge in [0.1, 0.15) is 23.9 Å². The Morgan fingerprint density at radius 2 is 1.79 bits per heavy atom. The van der Waals surface area contributed by atoms with E-state index in [1.54, 1.807) is 29.6 Å². The number of alkyl halides is 2. The molecule has 4 aromatic rings. The average molecular weight is 470 g/mol. The predicted octanol–water partition coefficient (Wildman–Crippen LogP) is 6.40. The molecule has 0 spiro atoms. The van der Waals surface area contributed by atoms with Gasteiger partial charge in [-0.05, 0) is 60.5 Å². The number of benzene rings is 2. The van der Waals surface area contributed by atoms with Crippen LogP contribution in [0.5, 0.6) is 11.5 Å². The molecule has 4 rings (SSSR count). The minimum absolute atomic E-state index is 0.0630. The Morgan fingerprint density at radius 1 is 1.06 bits per heavy atom. The maximum absolute atomic E-state index is 12.5. The summed E-state index contributed by atoms with van der Waals surface area (Å²) in [4.78, 5) is 16.9. The fourth-order valence-corrected chi connectivity index (χ4v) is 3.70. The van der Waals surface area contributed by atoms with Crippen LogP contribution in [-0.4, -0.2) is 17.5 Å². The highest BCUT2D eigenvalue weighted by molar-refractivity contribution is 7.14. The molecule has 0 aliphatic carbocycles. The Balaban J connectivity index is 1.33. The molecular weight excluding hydrogens is 450 g/mol. The maximum Gasteiger partial charge on any atom is 0.387 e. The second-order valence-corrected chi connectivity index (χ2v) is 7.81. The van der Waals surface area contributed by atoms with E-state index < -0.39 is 12.5 Å². The van der Waals surface area contributed by atoms with E-state index in [0.29, 0.717) is 22.1 Å². The van der Waals surface area contributed by atoms with Crippen molar-refractivity contribution in [2.24, 2.45) is 0 Å². The lowest BCUT2D eigenvalue weighted by molar-refractivity contribution is -0.0498. The Bertz CT molecular complexity index is 1200. The van der Waals surface area contributed by atoms with Gasteiger partial charge in [0.25, 0.3) is 5.91 Å². The monoisotopic (exact) mass is 470 g/mol. The molecule has 2 heterocycles. The van der Waals surface area contributed by atoms with E-state index in [9.17, 15) is 13.6 Å². The Morgan fingerprint density at radius 3 is 2.48 bits per heavy atom. The molecule has 0 fully saturated rings. The topological polar surface area (TPSA) is 73.6 Å². The van der Waals surface area contributed by atoms with Gasteiger partial charge in [-0.2, -0.15) is 8.78 Å². The SMILES string of the molecule is CCc1ccc(OCc2ccc(C(=O)Nc3nc(-c4ccc(OC(F)F)cc4)cs3)o2)cc1. The van der Waals surface area contributed by atoms with Crippen LogP contribution >= 0.6 is 11.3 Å². The summed E-state index contributed by atoms with van der Waals surface area (Å²) in [6.07, 6.45) is 0.958. The number of rotatable bonds is 9. The van der Waals surface area contributed by atoms with E-state index in [0.717, 1.165) is 12.2 Å². The smallest absolute Gasteiger partial charge is 0.387 e. The third-order valence-electron chi connectivity index (χ3n) is 4.70.